The van der Waals surface area contributed by atoms with Crippen molar-refractivity contribution in [2.75, 3.05) is 0 Å². The predicted molar refractivity (Wildman–Crippen MR) is 106 cm³/mol. The first-order chi connectivity index (χ1) is 13.5. The minimum Gasteiger partial charge on any atom is -0.390 e. The summed E-state index contributed by atoms with van der Waals surface area (Å²) in [5.74, 6) is 0.117. The predicted octanol–water partition coefficient (Wildman–Crippen LogP) is 2.46. The Morgan fingerprint density at radius 3 is 2.29 bits per heavy atom. The summed E-state index contributed by atoms with van der Waals surface area (Å²) in [4.78, 5) is 20.5. The third-order valence-electron chi connectivity index (χ3n) is 3.96. The van der Waals surface area contributed by atoms with Crippen LogP contribution in [0.4, 0.5) is 5.82 Å². The van der Waals surface area contributed by atoms with E-state index in [1.165, 1.54) is 18.3 Å². The molecule has 0 aliphatic rings. The van der Waals surface area contributed by atoms with E-state index in [1.54, 1.807) is 54.6 Å². The quantitative estimate of drug-likeness (QED) is 0.492. The molecule has 142 valence electrons. The number of nitrogens with one attached hydrogen (secondary N) is 1. The molecule has 1 aromatic heterocycles. The number of aliphatic imine (C=N–C) groups is 1. The van der Waals surface area contributed by atoms with Crippen molar-refractivity contribution >= 4 is 27.9 Å². The summed E-state index contributed by atoms with van der Waals surface area (Å²) in [6, 6.07) is 17.8. The van der Waals surface area contributed by atoms with Gasteiger partial charge >= 0.3 is 0 Å². The Bertz CT molecular complexity index is 1080. The SMILES string of the molecule is NC=Nc1ccc(C(=O)NCc2ccc(S(=O)(=O)c3ccccc3)cc2)cn1. The lowest BCUT2D eigenvalue weighted by atomic mass is 10.2. The largest absolute Gasteiger partial charge is 0.390 e. The minimum atomic E-state index is -3.55. The van der Waals surface area contributed by atoms with Crippen LogP contribution in [0.5, 0.6) is 0 Å². The van der Waals surface area contributed by atoms with Gasteiger partial charge in [0.25, 0.3) is 5.91 Å². The normalized spacial score (nSPS) is 11.4. The standard InChI is InChI=1S/C20H18N4O3S/c21-14-24-19-11-8-16(13-22-19)20(25)23-12-15-6-9-18(10-7-15)28(26,27)17-4-2-1-3-5-17/h1-11,13-14H,12H2,(H,23,25)(H2,21,22,24). The number of amides is 1. The van der Waals surface area contributed by atoms with E-state index in [4.69, 9.17) is 5.73 Å². The molecule has 3 aromatic rings. The van der Waals surface area contributed by atoms with Crippen LogP contribution < -0.4 is 11.1 Å². The Kier molecular flexibility index (Phi) is 5.81. The molecule has 28 heavy (non-hydrogen) atoms. The van der Waals surface area contributed by atoms with Gasteiger partial charge in [0.15, 0.2) is 5.82 Å². The number of rotatable bonds is 6. The van der Waals surface area contributed by atoms with Gasteiger partial charge in [-0.2, -0.15) is 0 Å². The Labute approximate surface area is 162 Å². The molecule has 3 N–H and O–H groups in total. The highest BCUT2D eigenvalue weighted by Crippen LogP contribution is 2.20. The Hall–Kier alpha value is -3.52. The summed E-state index contributed by atoms with van der Waals surface area (Å²) in [7, 11) is -3.55. The summed E-state index contributed by atoms with van der Waals surface area (Å²) >= 11 is 0. The maximum atomic E-state index is 12.6. The molecule has 1 amide bonds. The summed E-state index contributed by atoms with van der Waals surface area (Å²) < 4.78 is 25.2. The fraction of sp³-hybridized carbons (Fsp3) is 0.0500. The molecular formula is C20H18N4O3S. The van der Waals surface area contributed by atoms with Crippen molar-refractivity contribution in [3.63, 3.8) is 0 Å². The number of benzene rings is 2. The van der Waals surface area contributed by atoms with Crippen LogP contribution in [0.2, 0.25) is 0 Å². The van der Waals surface area contributed by atoms with Gasteiger partial charge in [0, 0.05) is 12.7 Å². The van der Waals surface area contributed by atoms with Crippen molar-refractivity contribution in [2.24, 2.45) is 10.7 Å². The van der Waals surface area contributed by atoms with Gasteiger partial charge in [-0.25, -0.2) is 18.4 Å². The van der Waals surface area contributed by atoms with E-state index in [2.05, 4.69) is 15.3 Å². The number of nitrogens with two attached hydrogens (primary N) is 1. The van der Waals surface area contributed by atoms with Crippen molar-refractivity contribution < 1.29 is 13.2 Å². The molecule has 2 aromatic carbocycles. The topological polar surface area (TPSA) is 115 Å². The van der Waals surface area contributed by atoms with Crippen LogP contribution in [-0.2, 0) is 16.4 Å². The van der Waals surface area contributed by atoms with Gasteiger partial charge in [-0.05, 0) is 42.0 Å². The van der Waals surface area contributed by atoms with Crippen molar-refractivity contribution in [2.45, 2.75) is 16.3 Å². The number of nitrogens with zero attached hydrogens (tertiary/aromatic N) is 2. The van der Waals surface area contributed by atoms with Gasteiger partial charge in [-0.1, -0.05) is 30.3 Å². The molecule has 0 fully saturated rings. The zero-order valence-corrected chi connectivity index (χ0v) is 15.6. The van der Waals surface area contributed by atoms with Gasteiger partial charge < -0.3 is 11.1 Å². The number of pyridine rings is 1. The molecular weight excluding hydrogens is 376 g/mol. The van der Waals surface area contributed by atoms with Crippen LogP contribution >= 0.6 is 0 Å². The number of sulfone groups is 1. The van der Waals surface area contributed by atoms with Crippen LogP contribution in [0.15, 0.2) is 87.7 Å². The van der Waals surface area contributed by atoms with Gasteiger partial charge in [-0.3, -0.25) is 4.79 Å². The maximum Gasteiger partial charge on any atom is 0.253 e. The summed E-state index contributed by atoms with van der Waals surface area (Å²) in [5.41, 5.74) is 6.36. The van der Waals surface area contributed by atoms with E-state index in [0.717, 1.165) is 11.9 Å². The number of aromatic nitrogens is 1. The molecule has 3 rings (SSSR count). The highest BCUT2D eigenvalue weighted by atomic mass is 32.2. The summed E-state index contributed by atoms with van der Waals surface area (Å²) in [6.45, 7) is 0.257. The summed E-state index contributed by atoms with van der Waals surface area (Å²) in [6.07, 6.45) is 2.54. The molecule has 8 heteroatoms. The maximum absolute atomic E-state index is 12.6. The van der Waals surface area contributed by atoms with E-state index < -0.39 is 9.84 Å². The van der Waals surface area contributed by atoms with Crippen LogP contribution in [-0.4, -0.2) is 25.6 Å². The number of hydrogen-bond acceptors (Lipinski definition) is 5. The smallest absolute Gasteiger partial charge is 0.253 e. The van der Waals surface area contributed by atoms with Crippen molar-refractivity contribution in [3.8, 4) is 0 Å². The average Bonchev–Trinajstić information content (AvgIpc) is 2.74. The Morgan fingerprint density at radius 2 is 1.68 bits per heavy atom. The Morgan fingerprint density at radius 1 is 1.00 bits per heavy atom. The van der Waals surface area contributed by atoms with Gasteiger partial charge in [0.05, 0.1) is 21.7 Å². The molecule has 7 nitrogen and oxygen atoms in total. The molecule has 0 aliphatic heterocycles. The second kappa shape index (κ2) is 8.45. The van der Waals surface area contributed by atoms with Crippen molar-refractivity contribution in [1.82, 2.24) is 10.3 Å². The van der Waals surface area contributed by atoms with E-state index in [9.17, 15) is 13.2 Å². The van der Waals surface area contributed by atoms with Gasteiger partial charge in [0.1, 0.15) is 0 Å². The van der Waals surface area contributed by atoms with Gasteiger partial charge in [0.2, 0.25) is 9.84 Å². The third kappa shape index (κ3) is 4.41. The molecule has 0 bridgehead atoms. The first kappa shape index (κ1) is 19.2. The van der Waals surface area contributed by atoms with Crippen LogP contribution in [0.25, 0.3) is 0 Å². The average molecular weight is 394 g/mol. The van der Waals surface area contributed by atoms with E-state index in [0.29, 0.717) is 11.4 Å². The highest BCUT2D eigenvalue weighted by molar-refractivity contribution is 7.91. The second-order valence-corrected chi connectivity index (χ2v) is 7.78. The molecule has 0 aliphatic carbocycles. The van der Waals surface area contributed by atoms with Crippen LogP contribution in [0, 0.1) is 0 Å². The third-order valence-corrected chi connectivity index (χ3v) is 5.74. The van der Waals surface area contributed by atoms with Crippen LogP contribution in [0.1, 0.15) is 15.9 Å². The van der Waals surface area contributed by atoms with Crippen molar-refractivity contribution in [1.29, 1.82) is 0 Å². The van der Waals surface area contributed by atoms with E-state index >= 15 is 0 Å². The number of hydrogen-bond donors (Lipinski definition) is 2. The monoisotopic (exact) mass is 394 g/mol. The van der Waals surface area contributed by atoms with Crippen LogP contribution in [0.3, 0.4) is 0 Å². The molecule has 0 atom stereocenters. The molecule has 1 heterocycles. The van der Waals surface area contributed by atoms with Crippen molar-refractivity contribution in [3.05, 3.63) is 84.1 Å². The molecule has 0 spiro atoms. The lowest BCUT2D eigenvalue weighted by Crippen LogP contribution is -2.22. The highest BCUT2D eigenvalue weighted by Gasteiger charge is 2.16. The fourth-order valence-corrected chi connectivity index (χ4v) is 3.76. The Balaban J connectivity index is 1.65. The van der Waals surface area contributed by atoms with Gasteiger partial charge in [-0.15, -0.1) is 0 Å². The second-order valence-electron chi connectivity index (χ2n) is 5.83. The minimum absolute atomic E-state index is 0.203. The molecule has 0 saturated carbocycles. The lowest BCUT2D eigenvalue weighted by molar-refractivity contribution is 0.0950. The zero-order valence-electron chi connectivity index (χ0n) is 14.8. The summed E-state index contributed by atoms with van der Waals surface area (Å²) in [5, 5.41) is 2.77. The van der Waals surface area contributed by atoms with E-state index in [-0.39, 0.29) is 22.2 Å². The molecule has 0 unspecified atom stereocenters. The first-order valence-electron chi connectivity index (χ1n) is 8.38. The molecule has 0 saturated heterocycles. The lowest BCUT2D eigenvalue weighted by Gasteiger charge is -2.08. The zero-order chi connectivity index (χ0) is 20.0. The number of carbonyl (C=O) groups is 1. The number of carbonyl (C=O) groups excluding carboxylic acids is 1. The molecule has 0 radical (unpaired) electrons. The van der Waals surface area contributed by atoms with E-state index in [1.807, 2.05) is 0 Å². The fourth-order valence-electron chi connectivity index (χ4n) is 2.48. The first-order valence-corrected chi connectivity index (χ1v) is 9.86.